The number of hydrogen-bond acceptors (Lipinski definition) is 3. The van der Waals surface area contributed by atoms with Crippen LogP contribution in [0, 0.1) is 0 Å². The number of halogens is 1. The number of thiophene rings is 1. The fourth-order valence-corrected chi connectivity index (χ4v) is 3.33. The number of rotatable bonds is 3. The van der Waals surface area contributed by atoms with E-state index >= 15 is 0 Å². The van der Waals surface area contributed by atoms with Crippen molar-refractivity contribution in [3.8, 4) is 0 Å². The molecule has 0 saturated carbocycles. The first-order chi connectivity index (χ1) is 6.00. The summed E-state index contributed by atoms with van der Waals surface area (Å²) in [4.78, 5) is 11.5. The highest BCUT2D eigenvalue weighted by molar-refractivity contribution is 7.84. The van der Waals surface area contributed by atoms with Gasteiger partial charge in [0.15, 0.2) is 0 Å². The van der Waals surface area contributed by atoms with Crippen LogP contribution in [0.3, 0.4) is 0 Å². The second kappa shape index (κ2) is 4.21. The van der Waals surface area contributed by atoms with Crippen LogP contribution in [0.2, 0.25) is 4.34 Å². The van der Waals surface area contributed by atoms with Crippen LogP contribution in [-0.2, 0) is 22.0 Å². The van der Waals surface area contributed by atoms with Crippen molar-refractivity contribution in [2.75, 3.05) is 6.26 Å². The third-order valence-electron chi connectivity index (χ3n) is 1.36. The maximum Gasteiger partial charge on any atom is 0.308 e. The molecular weight excluding hydrogens is 232 g/mol. The van der Waals surface area contributed by atoms with Crippen molar-refractivity contribution in [3.05, 3.63) is 15.3 Å². The summed E-state index contributed by atoms with van der Waals surface area (Å²) in [6.45, 7) is 0. The van der Waals surface area contributed by atoms with Gasteiger partial charge in [-0.3, -0.25) is 9.00 Å². The Bertz CT molecular complexity index is 359. The summed E-state index contributed by atoms with van der Waals surface area (Å²) in [5, 5.41) is 8.55. The molecule has 0 aliphatic heterocycles. The first-order valence-corrected chi connectivity index (χ1v) is 6.09. The van der Waals surface area contributed by atoms with E-state index in [2.05, 4.69) is 0 Å². The number of aliphatic carboxylic acids is 1. The van der Waals surface area contributed by atoms with E-state index in [0.29, 0.717) is 14.1 Å². The van der Waals surface area contributed by atoms with E-state index < -0.39 is 16.8 Å². The molecule has 0 radical (unpaired) electrons. The predicted molar refractivity (Wildman–Crippen MR) is 53.0 cm³/mol. The van der Waals surface area contributed by atoms with Crippen LogP contribution >= 0.6 is 22.9 Å². The standard InChI is InChI=1S/C7H7ClO3S2/c1-13(11)5-3-6(8)12-4(5)2-7(9)10/h3H,2H2,1H3,(H,9,10). The second-order valence-electron chi connectivity index (χ2n) is 2.36. The van der Waals surface area contributed by atoms with Crippen molar-refractivity contribution >= 4 is 39.7 Å². The Kier molecular flexibility index (Phi) is 3.47. The molecule has 0 amide bonds. The summed E-state index contributed by atoms with van der Waals surface area (Å²) < 4.78 is 11.6. The zero-order chi connectivity index (χ0) is 10.0. The average molecular weight is 239 g/mol. The molecule has 1 N–H and O–H groups in total. The summed E-state index contributed by atoms with van der Waals surface area (Å²) in [5.74, 6) is -0.940. The van der Waals surface area contributed by atoms with Gasteiger partial charge in [0.2, 0.25) is 0 Å². The lowest BCUT2D eigenvalue weighted by atomic mass is 10.3. The van der Waals surface area contributed by atoms with Crippen molar-refractivity contribution < 1.29 is 14.1 Å². The number of carboxylic acid groups (broad SMARTS) is 1. The lowest BCUT2D eigenvalue weighted by molar-refractivity contribution is -0.136. The average Bonchev–Trinajstić information content (AvgIpc) is 2.29. The molecule has 72 valence electrons. The Labute approximate surface area is 86.8 Å². The SMILES string of the molecule is CS(=O)c1cc(Cl)sc1CC(=O)O. The third-order valence-corrected chi connectivity index (χ3v) is 3.74. The number of hydrogen-bond donors (Lipinski definition) is 1. The zero-order valence-corrected chi connectivity index (χ0v) is 9.13. The summed E-state index contributed by atoms with van der Waals surface area (Å²) >= 11 is 6.85. The fraction of sp³-hybridized carbons (Fsp3) is 0.286. The van der Waals surface area contributed by atoms with Crippen LogP contribution < -0.4 is 0 Å². The lowest BCUT2D eigenvalue weighted by Gasteiger charge is -1.95. The molecule has 1 aromatic heterocycles. The summed E-state index contributed by atoms with van der Waals surface area (Å²) in [7, 11) is -1.17. The molecule has 3 nitrogen and oxygen atoms in total. The molecule has 6 heteroatoms. The Morgan fingerprint density at radius 2 is 2.38 bits per heavy atom. The second-order valence-corrected chi connectivity index (χ2v) is 5.48. The molecule has 0 bridgehead atoms. The van der Waals surface area contributed by atoms with Crippen molar-refractivity contribution in [2.45, 2.75) is 11.3 Å². The molecule has 0 spiro atoms. The van der Waals surface area contributed by atoms with Gasteiger partial charge in [-0.05, 0) is 6.07 Å². The molecule has 1 rings (SSSR count). The van der Waals surface area contributed by atoms with Crippen LogP contribution in [-0.4, -0.2) is 21.5 Å². The van der Waals surface area contributed by atoms with Gasteiger partial charge in [0.25, 0.3) is 0 Å². The van der Waals surface area contributed by atoms with Crippen molar-refractivity contribution in [3.63, 3.8) is 0 Å². The van der Waals surface area contributed by atoms with Gasteiger partial charge in [0.05, 0.1) is 26.5 Å². The highest BCUT2D eigenvalue weighted by atomic mass is 35.5. The fourth-order valence-electron chi connectivity index (χ4n) is 0.885. The van der Waals surface area contributed by atoms with Crippen LogP contribution in [0.4, 0.5) is 0 Å². The van der Waals surface area contributed by atoms with Gasteiger partial charge >= 0.3 is 5.97 Å². The van der Waals surface area contributed by atoms with Gasteiger partial charge in [0.1, 0.15) is 0 Å². The minimum Gasteiger partial charge on any atom is -0.481 e. The molecule has 0 aliphatic carbocycles. The van der Waals surface area contributed by atoms with Gasteiger partial charge in [0, 0.05) is 11.1 Å². The lowest BCUT2D eigenvalue weighted by Crippen LogP contribution is -2.00. The normalized spacial score (nSPS) is 12.8. The molecule has 0 aromatic carbocycles. The summed E-state index contributed by atoms with van der Waals surface area (Å²) in [6, 6.07) is 1.56. The van der Waals surface area contributed by atoms with E-state index in [9.17, 15) is 9.00 Å². The van der Waals surface area contributed by atoms with Gasteiger partial charge in [-0.15, -0.1) is 11.3 Å². The highest BCUT2D eigenvalue weighted by Gasteiger charge is 2.13. The predicted octanol–water partition coefficient (Wildman–Crippen LogP) is 1.77. The van der Waals surface area contributed by atoms with Gasteiger partial charge < -0.3 is 5.11 Å². The Morgan fingerprint density at radius 1 is 1.77 bits per heavy atom. The largest absolute Gasteiger partial charge is 0.481 e. The van der Waals surface area contributed by atoms with Crippen molar-refractivity contribution in [2.24, 2.45) is 0 Å². The molecule has 1 heterocycles. The Hall–Kier alpha value is -0.390. The Balaban J connectivity index is 3.04. The molecule has 1 atom stereocenters. The molecule has 1 aromatic rings. The highest BCUT2D eigenvalue weighted by Crippen LogP contribution is 2.29. The molecule has 0 fully saturated rings. The minimum absolute atomic E-state index is 0.119. The van der Waals surface area contributed by atoms with Crippen molar-refractivity contribution in [1.29, 1.82) is 0 Å². The maximum absolute atomic E-state index is 11.1. The maximum atomic E-state index is 11.1. The van der Waals surface area contributed by atoms with E-state index in [1.54, 1.807) is 6.07 Å². The zero-order valence-electron chi connectivity index (χ0n) is 6.74. The van der Waals surface area contributed by atoms with E-state index in [-0.39, 0.29) is 6.42 Å². The molecule has 13 heavy (non-hydrogen) atoms. The van der Waals surface area contributed by atoms with Gasteiger partial charge in [-0.1, -0.05) is 11.6 Å². The molecular formula is C7H7ClO3S2. The van der Waals surface area contributed by atoms with E-state index in [1.807, 2.05) is 0 Å². The minimum atomic E-state index is -1.17. The van der Waals surface area contributed by atoms with Crippen LogP contribution in [0.25, 0.3) is 0 Å². The van der Waals surface area contributed by atoms with E-state index in [0.717, 1.165) is 11.3 Å². The molecule has 1 unspecified atom stereocenters. The van der Waals surface area contributed by atoms with E-state index in [1.165, 1.54) is 6.26 Å². The number of carbonyl (C=O) groups is 1. The summed E-state index contributed by atoms with van der Waals surface area (Å²) in [5.41, 5.74) is 0. The quantitative estimate of drug-likeness (QED) is 0.873. The first kappa shape index (κ1) is 10.7. The van der Waals surface area contributed by atoms with Crippen LogP contribution in [0.15, 0.2) is 11.0 Å². The third kappa shape index (κ3) is 2.79. The number of carboxylic acids is 1. The smallest absolute Gasteiger partial charge is 0.308 e. The Morgan fingerprint density at radius 3 is 2.85 bits per heavy atom. The van der Waals surface area contributed by atoms with E-state index in [4.69, 9.17) is 16.7 Å². The monoisotopic (exact) mass is 238 g/mol. The summed E-state index contributed by atoms with van der Waals surface area (Å²) in [6.07, 6.45) is 1.38. The van der Waals surface area contributed by atoms with Gasteiger partial charge in [-0.2, -0.15) is 0 Å². The van der Waals surface area contributed by atoms with Crippen LogP contribution in [0.1, 0.15) is 4.88 Å². The van der Waals surface area contributed by atoms with Crippen LogP contribution in [0.5, 0.6) is 0 Å². The topological polar surface area (TPSA) is 54.4 Å². The van der Waals surface area contributed by atoms with Gasteiger partial charge in [-0.25, -0.2) is 0 Å². The van der Waals surface area contributed by atoms with Crippen molar-refractivity contribution in [1.82, 2.24) is 0 Å². The first-order valence-electron chi connectivity index (χ1n) is 3.34. The molecule has 0 aliphatic rings. The molecule has 0 saturated heterocycles.